The topological polar surface area (TPSA) is 82.7 Å². The van der Waals surface area contributed by atoms with Crippen LogP contribution < -0.4 is 25.6 Å². The molecule has 7 heteroatoms. The predicted molar refractivity (Wildman–Crippen MR) is 142 cm³/mol. The summed E-state index contributed by atoms with van der Waals surface area (Å²) in [4.78, 5) is 27.9. The largest absolute Gasteiger partial charge is 0.494 e. The third kappa shape index (κ3) is 6.76. The Morgan fingerprint density at radius 3 is 2.17 bits per heavy atom. The highest BCUT2D eigenvalue weighted by molar-refractivity contribution is 6.06. The zero-order valence-electron chi connectivity index (χ0n) is 20.0. The molecule has 1 aliphatic rings. The summed E-state index contributed by atoms with van der Waals surface area (Å²) in [5.41, 5.74) is 3.46. The molecule has 0 spiro atoms. The van der Waals surface area contributed by atoms with Crippen molar-refractivity contribution in [3.8, 4) is 5.75 Å². The molecular weight excluding hydrogens is 440 g/mol. The summed E-state index contributed by atoms with van der Waals surface area (Å²) in [5.74, 6) is 0.557. The molecule has 0 aliphatic carbocycles. The molecule has 4 rings (SSSR count). The van der Waals surface area contributed by atoms with Gasteiger partial charge in [0.2, 0.25) is 0 Å². The van der Waals surface area contributed by atoms with Crippen LogP contribution in [0.15, 0.2) is 72.8 Å². The number of amides is 3. The van der Waals surface area contributed by atoms with Crippen LogP contribution in [0.4, 0.5) is 27.5 Å². The molecule has 0 saturated carbocycles. The van der Waals surface area contributed by atoms with Crippen LogP contribution in [0.2, 0.25) is 0 Å². The van der Waals surface area contributed by atoms with E-state index in [0.717, 1.165) is 37.4 Å². The van der Waals surface area contributed by atoms with E-state index in [4.69, 9.17) is 4.74 Å². The molecule has 1 aliphatic heterocycles. The normalized spacial score (nSPS) is 13.5. The zero-order chi connectivity index (χ0) is 24.5. The fourth-order valence-electron chi connectivity index (χ4n) is 4.18. The lowest BCUT2D eigenvalue weighted by Gasteiger charge is -2.26. The summed E-state index contributed by atoms with van der Waals surface area (Å²) in [6.07, 6.45) is 4.65. The van der Waals surface area contributed by atoms with E-state index in [1.807, 2.05) is 55.5 Å². The standard InChI is InChI=1S/C28H32N4O3/c1-2-35-24-15-12-22(13-16-24)30-28(34)31-25-20-23(29-27(33)21-10-6-5-7-11-21)14-17-26(25)32-18-8-3-4-9-19-32/h5-7,10-17,20H,2-4,8-9,18-19H2,1H3,(H,29,33)(H2,30,31,34). The predicted octanol–water partition coefficient (Wildman–Crippen LogP) is 6.36. The van der Waals surface area contributed by atoms with Crippen molar-refractivity contribution in [1.29, 1.82) is 0 Å². The summed E-state index contributed by atoms with van der Waals surface area (Å²) in [7, 11) is 0. The first-order valence-electron chi connectivity index (χ1n) is 12.2. The molecule has 3 aromatic rings. The van der Waals surface area contributed by atoms with Crippen LogP contribution in [0.3, 0.4) is 0 Å². The lowest BCUT2D eigenvalue weighted by Crippen LogP contribution is -2.27. The van der Waals surface area contributed by atoms with E-state index < -0.39 is 0 Å². The van der Waals surface area contributed by atoms with E-state index >= 15 is 0 Å². The summed E-state index contributed by atoms with van der Waals surface area (Å²) >= 11 is 0. The number of nitrogens with zero attached hydrogens (tertiary/aromatic N) is 1. The Bertz CT molecular complexity index is 1120. The van der Waals surface area contributed by atoms with E-state index in [9.17, 15) is 9.59 Å². The van der Waals surface area contributed by atoms with Crippen LogP contribution in [0.1, 0.15) is 43.0 Å². The fourth-order valence-corrected chi connectivity index (χ4v) is 4.18. The molecule has 1 saturated heterocycles. The van der Waals surface area contributed by atoms with Gasteiger partial charge in [0.1, 0.15) is 5.75 Å². The quantitative estimate of drug-likeness (QED) is 0.374. The SMILES string of the molecule is CCOc1ccc(NC(=O)Nc2cc(NC(=O)c3ccccc3)ccc2N2CCCCCC2)cc1. The first-order valence-corrected chi connectivity index (χ1v) is 12.2. The third-order valence-electron chi connectivity index (χ3n) is 5.91. The van der Waals surface area contributed by atoms with Crippen LogP contribution in [0, 0.1) is 0 Å². The Labute approximate surface area is 206 Å². The first-order chi connectivity index (χ1) is 17.1. The van der Waals surface area contributed by atoms with E-state index in [0.29, 0.717) is 29.2 Å². The fraction of sp³-hybridized carbons (Fsp3) is 0.286. The van der Waals surface area contributed by atoms with Crippen LogP contribution in [-0.2, 0) is 0 Å². The van der Waals surface area contributed by atoms with E-state index in [2.05, 4.69) is 20.9 Å². The van der Waals surface area contributed by atoms with Gasteiger partial charge < -0.3 is 25.6 Å². The summed E-state index contributed by atoms with van der Waals surface area (Å²) < 4.78 is 5.46. The number of hydrogen-bond donors (Lipinski definition) is 3. The Morgan fingerprint density at radius 1 is 0.800 bits per heavy atom. The van der Waals surface area contributed by atoms with E-state index in [1.165, 1.54) is 12.8 Å². The number of carbonyl (C=O) groups excluding carboxylic acids is 2. The van der Waals surface area contributed by atoms with Crippen molar-refractivity contribution in [2.45, 2.75) is 32.6 Å². The maximum absolute atomic E-state index is 12.9. The van der Waals surface area contributed by atoms with Gasteiger partial charge in [-0.2, -0.15) is 0 Å². The highest BCUT2D eigenvalue weighted by Gasteiger charge is 2.17. The van der Waals surface area contributed by atoms with Gasteiger partial charge in [0.25, 0.3) is 5.91 Å². The molecule has 3 N–H and O–H groups in total. The number of hydrogen-bond acceptors (Lipinski definition) is 4. The van der Waals surface area contributed by atoms with Crippen molar-refractivity contribution in [3.05, 3.63) is 78.4 Å². The van der Waals surface area contributed by atoms with Gasteiger partial charge in [0.15, 0.2) is 0 Å². The lowest BCUT2D eigenvalue weighted by molar-refractivity contribution is 0.102. The minimum atomic E-state index is -0.350. The second-order valence-corrected chi connectivity index (χ2v) is 8.49. The number of carbonyl (C=O) groups is 2. The van der Waals surface area contributed by atoms with E-state index in [-0.39, 0.29) is 11.9 Å². The summed E-state index contributed by atoms with van der Waals surface area (Å²) in [6, 6.07) is 21.6. The molecule has 0 atom stereocenters. The van der Waals surface area contributed by atoms with Gasteiger partial charge in [-0.25, -0.2) is 4.79 Å². The molecule has 1 fully saturated rings. The Balaban J connectivity index is 1.53. The second-order valence-electron chi connectivity index (χ2n) is 8.49. The molecule has 35 heavy (non-hydrogen) atoms. The van der Waals surface area contributed by atoms with Gasteiger partial charge in [0.05, 0.1) is 18.0 Å². The van der Waals surface area contributed by atoms with Crippen LogP contribution in [0.5, 0.6) is 5.75 Å². The van der Waals surface area contributed by atoms with Crippen molar-refractivity contribution in [2.24, 2.45) is 0 Å². The maximum atomic E-state index is 12.9. The van der Waals surface area contributed by atoms with Crippen molar-refractivity contribution < 1.29 is 14.3 Å². The minimum absolute atomic E-state index is 0.196. The van der Waals surface area contributed by atoms with Crippen molar-refractivity contribution in [2.75, 3.05) is 40.5 Å². The number of rotatable bonds is 7. The molecule has 7 nitrogen and oxygen atoms in total. The summed E-state index contributed by atoms with van der Waals surface area (Å²) in [6.45, 7) is 4.39. The van der Waals surface area contributed by atoms with Crippen LogP contribution >= 0.6 is 0 Å². The highest BCUT2D eigenvalue weighted by atomic mass is 16.5. The van der Waals surface area contributed by atoms with Gasteiger partial charge in [-0.05, 0) is 74.4 Å². The van der Waals surface area contributed by atoms with Crippen LogP contribution in [-0.4, -0.2) is 31.6 Å². The number of nitrogens with one attached hydrogen (secondary N) is 3. The lowest BCUT2D eigenvalue weighted by atomic mass is 10.1. The average molecular weight is 473 g/mol. The number of benzene rings is 3. The van der Waals surface area contributed by atoms with Gasteiger partial charge in [0, 0.05) is 30.0 Å². The molecule has 0 aromatic heterocycles. The van der Waals surface area contributed by atoms with Crippen molar-refractivity contribution >= 4 is 34.7 Å². The Kier molecular flexibility index (Phi) is 8.22. The van der Waals surface area contributed by atoms with Crippen LogP contribution in [0.25, 0.3) is 0 Å². The minimum Gasteiger partial charge on any atom is -0.494 e. The molecule has 0 bridgehead atoms. The van der Waals surface area contributed by atoms with Gasteiger partial charge in [-0.1, -0.05) is 31.0 Å². The number of urea groups is 1. The van der Waals surface area contributed by atoms with Crippen molar-refractivity contribution in [1.82, 2.24) is 0 Å². The molecule has 0 radical (unpaired) electrons. The first kappa shape index (κ1) is 24.1. The second kappa shape index (κ2) is 11.9. The molecule has 182 valence electrons. The van der Waals surface area contributed by atoms with Gasteiger partial charge in [-0.15, -0.1) is 0 Å². The summed E-state index contributed by atoms with van der Waals surface area (Å²) in [5, 5.41) is 8.81. The van der Waals surface area contributed by atoms with Crippen molar-refractivity contribution in [3.63, 3.8) is 0 Å². The number of ether oxygens (including phenoxy) is 1. The monoisotopic (exact) mass is 472 g/mol. The molecule has 0 unspecified atom stereocenters. The smallest absolute Gasteiger partial charge is 0.323 e. The molecule has 3 aromatic carbocycles. The van der Waals surface area contributed by atoms with Gasteiger partial charge in [-0.3, -0.25) is 4.79 Å². The highest BCUT2D eigenvalue weighted by Crippen LogP contribution is 2.31. The third-order valence-corrected chi connectivity index (χ3v) is 5.91. The van der Waals surface area contributed by atoms with E-state index in [1.54, 1.807) is 24.3 Å². The molecule has 3 amide bonds. The van der Waals surface area contributed by atoms with Gasteiger partial charge >= 0.3 is 6.03 Å². The maximum Gasteiger partial charge on any atom is 0.323 e. The Hall–Kier alpha value is -4.00. The zero-order valence-corrected chi connectivity index (χ0v) is 20.0. The molecular formula is C28H32N4O3. The average Bonchev–Trinajstić information content (AvgIpc) is 3.16. The number of anilines is 4. The Morgan fingerprint density at radius 2 is 1.49 bits per heavy atom. The molecule has 1 heterocycles.